The fourth-order valence-corrected chi connectivity index (χ4v) is 4.83. The van der Waals surface area contributed by atoms with E-state index < -0.39 is 10.0 Å². The summed E-state index contributed by atoms with van der Waals surface area (Å²) in [6.45, 7) is 2.05. The lowest BCUT2D eigenvalue weighted by molar-refractivity contribution is 0.0697. The molecule has 0 spiro atoms. The van der Waals surface area contributed by atoms with E-state index in [1.54, 1.807) is 23.1 Å². The molecule has 0 atom stereocenters. The number of hydrogen-bond donors (Lipinski definition) is 0. The van der Waals surface area contributed by atoms with Crippen LogP contribution in [0.15, 0.2) is 41.4 Å². The normalized spacial score (nSPS) is 17.3. The average Bonchev–Trinajstić information content (AvgIpc) is 3.03. The molecule has 10 heteroatoms. The zero-order valence-electron chi connectivity index (χ0n) is 16.6. The van der Waals surface area contributed by atoms with E-state index in [1.807, 2.05) is 0 Å². The second-order valence-electron chi connectivity index (χ2n) is 6.94. The number of piperazine rings is 1. The van der Waals surface area contributed by atoms with Gasteiger partial charge in [-0.25, -0.2) is 13.4 Å². The van der Waals surface area contributed by atoms with E-state index in [0.717, 1.165) is 6.42 Å². The van der Waals surface area contributed by atoms with Crippen molar-refractivity contribution < 1.29 is 27.4 Å². The number of pyridine rings is 1. The highest BCUT2D eigenvalue weighted by molar-refractivity contribution is 7.89. The van der Waals surface area contributed by atoms with Gasteiger partial charge in [-0.1, -0.05) is 0 Å². The van der Waals surface area contributed by atoms with Gasteiger partial charge in [-0.3, -0.25) is 4.79 Å². The second-order valence-corrected chi connectivity index (χ2v) is 8.88. The first-order valence-electron chi connectivity index (χ1n) is 9.68. The topological polar surface area (TPSA) is 98.3 Å². The van der Waals surface area contributed by atoms with E-state index >= 15 is 0 Å². The first-order chi connectivity index (χ1) is 14.5. The average molecular weight is 433 g/mol. The molecule has 9 nitrogen and oxygen atoms in total. The first-order valence-corrected chi connectivity index (χ1v) is 11.1. The zero-order chi connectivity index (χ0) is 21.1. The van der Waals surface area contributed by atoms with Gasteiger partial charge in [-0.05, 0) is 18.2 Å². The molecule has 30 heavy (non-hydrogen) atoms. The van der Waals surface area contributed by atoms with Crippen LogP contribution in [0.3, 0.4) is 0 Å². The van der Waals surface area contributed by atoms with Crippen molar-refractivity contribution in [2.75, 3.05) is 46.5 Å². The first kappa shape index (κ1) is 20.4. The fourth-order valence-electron chi connectivity index (χ4n) is 3.39. The van der Waals surface area contributed by atoms with Gasteiger partial charge >= 0.3 is 0 Å². The third kappa shape index (κ3) is 4.05. The molecule has 1 saturated heterocycles. The third-order valence-electron chi connectivity index (χ3n) is 5.08. The van der Waals surface area contributed by atoms with Gasteiger partial charge in [0.05, 0.1) is 30.8 Å². The molecule has 1 aromatic heterocycles. The Labute approximate surface area is 175 Å². The van der Waals surface area contributed by atoms with Crippen LogP contribution in [0.25, 0.3) is 0 Å². The Balaban J connectivity index is 1.44. The monoisotopic (exact) mass is 433 g/mol. The van der Waals surface area contributed by atoms with Crippen LogP contribution < -0.4 is 14.2 Å². The number of rotatable bonds is 4. The summed E-state index contributed by atoms with van der Waals surface area (Å²) >= 11 is 0. The Morgan fingerprint density at radius 1 is 1.03 bits per heavy atom. The number of nitrogens with zero attached hydrogens (tertiary/aromatic N) is 3. The van der Waals surface area contributed by atoms with Crippen LogP contribution in [0.5, 0.6) is 17.4 Å². The van der Waals surface area contributed by atoms with Crippen LogP contribution in [0.1, 0.15) is 16.8 Å². The van der Waals surface area contributed by atoms with Crippen molar-refractivity contribution in [1.29, 1.82) is 0 Å². The molecule has 0 aliphatic carbocycles. The van der Waals surface area contributed by atoms with Crippen molar-refractivity contribution in [3.63, 3.8) is 0 Å². The molecule has 0 saturated carbocycles. The number of hydrogen-bond acceptors (Lipinski definition) is 7. The highest BCUT2D eigenvalue weighted by Gasteiger charge is 2.31. The van der Waals surface area contributed by atoms with Crippen molar-refractivity contribution >= 4 is 15.9 Å². The summed E-state index contributed by atoms with van der Waals surface area (Å²) < 4.78 is 43.7. The van der Waals surface area contributed by atoms with Crippen molar-refractivity contribution in [3.05, 3.63) is 42.1 Å². The van der Waals surface area contributed by atoms with Gasteiger partial charge in [0.2, 0.25) is 15.9 Å². The summed E-state index contributed by atoms with van der Waals surface area (Å²) in [5.41, 5.74) is 0.440. The Morgan fingerprint density at radius 3 is 2.43 bits per heavy atom. The number of carbonyl (C=O) groups excluding carboxylic acids is 1. The lowest BCUT2D eigenvalue weighted by Gasteiger charge is -2.34. The quantitative estimate of drug-likeness (QED) is 0.719. The minimum absolute atomic E-state index is 0.158. The number of fused-ring (bicyclic) bond motifs is 1. The zero-order valence-corrected chi connectivity index (χ0v) is 17.4. The maximum atomic E-state index is 13.1. The number of ether oxygens (including phenoxy) is 3. The summed E-state index contributed by atoms with van der Waals surface area (Å²) in [5, 5.41) is 0. The van der Waals surface area contributed by atoms with Gasteiger partial charge in [0.1, 0.15) is 0 Å². The standard InChI is InChI=1S/C20H23N3O6S/c1-27-19-6-3-15(14-21-19)20(24)22-7-9-23(10-8-22)30(25,26)16-4-5-17-18(13-16)29-12-2-11-28-17/h3-6,13-14H,2,7-12H2,1H3. The number of carbonyl (C=O) groups is 1. The molecular weight excluding hydrogens is 410 g/mol. The van der Waals surface area contributed by atoms with Crippen molar-refractivity contribution in [1.82, 2.24) is 14.2 Å². The molecule has 2 aliphatic heterocycles. The molecule has 0 N–H and O–H groups in total. The smallest absolute Gasteiger partial charge is 0.255 e. The lowest BCUT2D eigenvalue weighted by Crippen LogP contribution is -2.50. The van der Waals surface area contributed by atoms with E-state index in [-0.39, 0.29) is 23.9 Å². The molecule has 4 rings (SSSR count). The van der Waals surface area contributed by atoms with E-state index in [1.165, 1.54) is 29.7 Å². The Hall–Kier alpha value is -2.85. The Kier molecular flexibility index (Phi) is 5.78. The Morgan fingerprint density at radius 2 is 1.77 bits per heavy atom. The molecule has 1 aromatic carbocycles. The van der Waals surface area contributed by atoms with Crippen LogP contribution in [-0.4, -0.2) is 75.0 Å². The van der Waals surface area contributed by atoms with E-state index in [9.17, 15) is 13.2 Å². The van der Waals surface area contributed by atoms with Crippen LogP contribution in [0.4, 0.5) is 0 Å². The number of aromatic nitrogens is 1. The number of benzene rings is 1. The van der Waals surface area contributed by atoms with Gasteiger partial charge in [0, 0.05) is 50.9 Å². The molecule has 0 bridgehead atoms. The van der Waals surface area contributed by atoms with E-state index in [4.69, 9.17) is 14.2 Å². The highest BCUT2D eigenvalue weighted by Crippen LogP contribution is 2.33. The molecule has 0 radical (unpaired) electrons. The van der Waals surface area contributed by atoms with Crippen molar-refractivity contribution in [3.8, 4) is 17.4 Å². The maximum absolute atomic E-state index is 13.1. The largest absolute Gasteiger partial charge is 0.490 e. The fraction of sp³-hybridized carbons (Fsp3) is 0.400. The van der Waals surface area contributed by atoms with Crippen LogP contribution in [-0.2, 0) is 10.0 Å². The maximum Gasteiger partial charge on any atom is 0.255 e. The minimum atomic E-state index is -3.70. The molecule has 2 aliphatic rings. The summed E-state index contributed by atoms with van der Waals surface area (Å²) in [5.74, 6) is 1.24. The molecule has 0 unspecified atom stereocenters. The number of amides is 1. The lowest BCUT2D eigenvalue weighted by atomic mass is 10.2. The molecule has 2 aromatic rings. The molecule has 3 heterocycles. The van der Waals surface area contributed by atoms with E-state index in [0.29, 0.717) is 49.2 Å². The Bertz CT molecular complexity index is 1020. The SMILES string of the molecule is COc1ccc(C(=O)N2CCN(S(=O)(=O)c3ccc4c(c3)OCCCO4)CC2)cn1. The predicted octanol–water partition coefficient (Wildman–Crippen LogP) is 1.40. The number of methoxy groups -OCH3 is 1. The summed E-state index contributed by atoms with van der Waals surface area (Å²) in [6.07, 6.45) is 2.21. The molecule has 1 fully saturated rings. The predicted molar refractivity (Wildman–Crippen MR) is 108 cm³/mol. The van der Waals surface area contributed by atoms with Gasteiger partial charge in [-0.2, -0.15) is 4.31 Å². The van der Waals surface area contributed by atoms with Crippen molar-refractivity contribution in [2.24, 2.45) is 0 Å². The summed E-state index contributed by atoms with van der Waals surface area (Å²) in [6, 6.07) is 7.94. The van der Waals surface area contributed by atoms with Gasteiger partial charge < -0.3 is 19.1 Å². The molecular formula is C20H23N3O6S. The second kappa shape index (κ2) is 8.49. The van der Waals surface area contributed by atoms with Gasteiger partial charge in [0.25, 0.3) is 5.91 Å². The van der Waals surface area contributed by atoms with Crippen LogP contribution in [0.2, 0.25) is 0 Å². The van der Waals surface area contributed by atoms with E-state index in [2.05, 4.69) is 4.98 Å². The summed E-state index contributed by atoms with van der Waals surface area (Å²) in [4.78, 5) is 18.5. The van der Waals surface area contributed by atoms with Gasteiger partial charge in [0.15, 0.2) is 11.5 Å². The highest BCUT2D eigenvalue weighted by atomic mass is 32.2. The van der Waals surface area contributed by atoms with Crippen LogP contribution >= 0.6 is 0 Å². The minimum Gasteiger partial charge on any atom is -0.490 e. The van der Waals surface area contributed by atoms with Gasteiger partial charge in [-0.15, -0.1) is 0 Å². The number of sulfonamides is 1. The third-order valence-corrected chi connectivity index (χ3v) is 6.97. The molecule has 1 amide bonds. The van der Waals surface area contributed by atoms with Crippen molar-refractivity contribution in [2.45, 2.75) is 11.3 Å². The molecule has 160 valence electrons. The van der Waals surface area contributed by atoms with Crippen LogP contribution in [0, 0.1) is 0 Å². The summed E-state index contributed by atoms with van der Waals surface area (Å²) in [7, 11) is -2.19.